The maximum Gasteiger partial charge on any atom is 0.305 e. The van der Waals surface area contributed by atoms with Crippen molar-refractivity contribution < 1.29 is 9.53 Å². The standard InChI is InChI=1S/C19H36O2S/c1-4-6-7-11-14-19(22-15-5-2)16-17(19)12-9-8-10-13-18(20)21-3/h17H,4-16H2,1-3H3/t17-,19+/m0/s1. The Labute approximate surface area is 142 Å². The number of carbonyl (C=O) groups excluding carboxylic acids is 1. The summed E-state index contributed by atoms with van der Waals surface area (Å²) in [5, 5.41) is 0. The molecule has 0 unspecified atom stereocenters. The Hall–Kier alpha value is -0.180. The van der Waals surface area contributed by atoms with E-state index in [1.165, 1.54) is 77.1 Å². The first-order valence-corrected chi connectivity index (χ1v) is 10.4. The molecule has 1 aliphatic rings. The van der Waals surface area contributed by atoms with Gasteiger partial charge in [0, 0.05) is 11.2 Å². The zero-order valence-electron chi connectivity index (χ0n) is 15.0. The molecule has 2 nitrogen and oxygen atoms in total. The Balaban J connectivity index is 2.17. The lowest BCUT2D eigenvalue weighted by Crippen LogP contribution is -2.08. The molecule has 0 aromatic rings. The molecular weight excluding hydrogens is 292 g/mol. The molecule has 0 aromatic carbocycles. The van der Waals surface area contributed by atoms with Crippen LogP contribution in [0, 0.1) is 5.92 Å². The summed E-state index contributed by atoms with van der Waals surface area (Å²) in [4.78, 5) is 11.1. The van der Waals surface area contributed by atoms with Crippen LogP contribution in [-0.2, 0) is 9.53 Å². The van der Waals surface area contributed by atoms with Gasteiger partial charge in [0.15, 0.2) is 0 Å². The number of hydrogen-bond acceptors (Lipinski definition) is 3. The molecule has 130 valence electrons. The highest BCUT2D eigenvalue weighted by Gasteiger charge is 2.52. The van der Waals surface area contributed by atoms with Crippen LogP contribution in [0.4, 0.5) is 0 Å². The van der Waals surface area contributed by atoms with Crippen LogP contribution in [0.3, 0.4) is 0 Å². The highest BCUT2D eigenvalue weighted by atomic mass is 32.2. The number of methoxy groups -OCH3 is 1. The summed E-state index contributed by atoms with van der Waals surface area (Å²) in [5.74, 6) is 2.21. The number of unbranched alkanes of at least 4 members (excludes halogenated alkanes) is 5. The molecule has 1 aliphatic carbocycles. The third kappa shape index (κ3) is 7.39. The van der Waals surface area contributed by atoms with Crippen LogP contribution in [0.1, 0.15) is 90.9 Å². The smallest absolute Gasteiger partial charge is 0.305 e. The monoisotopic (exact) mass is 328 g/mol. The maximum atomic E-state index is 11.1. The van der Waals surface area contributed by atoms with Gasteiger partial charge >= 0.3 is 5.97 Å². The zero-order chi connectivity index (χ0) is 16.3. The van der Waals surface area contributed by atoms with Crippen LogP contribution >= 0.6 is 11.8 Å². The Kier molecular flexibility index (Phi) is 10.3. The Bertz CT molecular complexity index is 306. The fraction of sp³-hybridized carbons (Fsp3) is 0.947. The van der Waals surface area contributed by atoms with Gasteiger partial charge in [0.25, 0.3) is 0 Å². The summed E-state index contributed by atoms with van der Waals surface area (Å²) in [6.45, 7) is 4.58. The molecule has 0 bridgehead atoms. The SMILES string of the molecule is CCCCCC[C@@]1(SCCC)C[C@@H]1CCCCCC(=O)OC. The van der Waals surface area contributed by atoms with Gasteiger partial charge in [-0.05, 0) is 43.8 Å². The summed E-state index contributed by atoms with van der Waals surface area (Å²) in [5.41, 5.74) is 0. The van der Waals surface area contributed by atoms with Crippen molar-refractivity contribution in [3.8, 4) is 0 Å². The molecule has 1 fully saturated rings. The fourth-order valence-corrected chi connectivity index (χ4v) is 4.95. The number of ether oxygens (including phenoxy) is 1. The minimum absolute atomic E-state index is 0.0600. The van der Waals surface area contributed by atoms with Gasteiger partial charge in [-0.3, -0.25) is 4.79 Å². The van der Waals surface area contributed by atoms with E-state index in [9.17, 15) is 4.79 Å². The van der Waals surface area contributed by atoms with Gasteiger partial charge in [-0.15, -0.1) is 0 Å². The summed E-state index contributed by atoms with van der Waals surface area (Å²) < 4.78 is 5.32. The summed E-state index contributed by atoms with van der Waals surface area (Å²) in [6, 6.07) is 0. The highest BCUT2D eigenvalue weighted by molar-refractivity contribution is 8.00. The van der Waals surface area contributed by atoms with E-state index in [1.54, 1.807) is 0 Å². The van der Waals surface area contributed by atoms with E-state index in [0.29, 0.717) is 11.2 Å². The molecule has 3 heteroatoms. The van der Waals surface area contributed by atoms with Crippen molar-refractivity contribution in [1.29, 1.82) is 0 Å². The lowest BCUT2D eigenvalue weighted by Gasteiger charge is -2.17. The van der Waals surface area contributed by atoms with Crippen molar-refractivity contribution in [2.75, 3.05) is 12.9 Å². The average molecular weight is 329 g/mol. The lowest BCUT2D eigenvalue weighted by molar-refractivity contribution is -0.140. The van der Waals surface area contributed by atoms with Crippen LogP contribution < -0.4 is 0 Å². The minimum atomic E-state index is -0.0600. The van der Waals surface area contributed by atoms with Gasteiger partial charge in [-0.2, -0.15) is 11.8 Å². The molecule has 0 amide bonds. The van der Waals surface area contributed by atoms with Gasteiger partial charge < -0.3 is 4.74 Å². The molecule has 0 aromatic heterocycles. The second kappa shape index (κ2) is 11.4. The first kappa shape index (κ1) is 19.9. The summed E-state index contributed by atoms with van der Waals surface area (Å²) >= 11 is 2.25. The van der Waals surface area contributed by atoms with Gasteiger partial charge in [0.1, 0.15) is 0 Å². The molecular formula is C19H36O2S. The number of rotatable bonds is 14. The molecule has 1 saturated carbocycles. The van der Waals surface area contributed by atoms with Gasteiger partial charge in [0.2, 0.25) is 0 Å². The van der Waals surface area contributed by atoms with E-state index >= 15 is 0 Å². The van der Waals surface area contributed by atoms with E-state index in [4.69, 9.17) is 0 Å². The predicted octanol–water partition coefficient (Wildman–Crippen LogP) is 5.98. The van der Waals surface area contributed by atoms with E-state index in [0.717, 1.165) is 12.3 Å². The van der Waals surface area contributed by atoms with E-state index < -0.39 is 0 Å². The average Bonchev–Trinajstić information content (AvgIpc) is 3.22. The Morgan fingerprint density at radius 3 is 2.55 bits per heavy atom. The second-order valence-electron chi connectivity index (χ2n) is 6.80. The molecule has 0 heterocycles. The third-order valence-electron chi connectivity index (χ3n) is 4.88. The van der Waals surface area contributed by atoms with Crippen molar-refractivity contribution in [3.63, 3.8) is 0 Å². The van der Waals surface area contributed by atoms with E-state index in [1.807, 2.05) is 0 Å². The largest absolute Gasteiger partial charge is 0.469 e. The predicted molar refractivity (Wildman–Crippen MR) is 97.4 cm³/mol. The van der Waals surface area contributed by atoms with Crippen LogP contribution in [0.25, 0.3) is 0 Å². The quantitative estimate of drug-likeness (QED) is 0.290. The molecule has 0 aliphatic heterocycles. The van der Waals surface area contributed by atoms with Gasteiger partial charge in [0.05, 0.1) is 7.11 Å². The van der Waals surface area contributed by atoms with Crippen LogP contribution in [0.5, 0.6) is 0 Å². The number of hydrogen-bond donors (Lipinski definition) is 0. The normalized spacial score (nSPS) is 23.5. The molecule has 1 rings (SSSR count). The van der Waals surface area contributed by atoms with Gasteiger partial charge in [-0.25, -0.2) is 0 Å². The van der Waals surface area contributed by atoms with Gasteiger partial charge in [-0.1, -0.05) is 52.4 Å². The second-order valence-corrected chi connectivity index (χ2v) is 8.31. The van der Waals surface area contributed by atoms with Crippen molar-refractivity contribution in [2.24, 2.45) is 5.92 Å². The zero-order valence-corrected chi connectivity index (χ0v) is 15.8. The van der Waals surface area contributed by atoms with Crippen LogP contribution in [0.2, 0.25) is 0 Å². The van der Waals surface area contributed by atoms with E-state index in [2.05, 4.69) is 30.3 Å². The van der Waals surface area contributed by atoms with E-state index in [-0.39, 0.29) is 5.97 Å². The Morgan fingerprint density at radius 2 is 1.86 bits per heavy atom. The third-order valence-corrected chi connectivity index (χ3v) is 6.78. The number of esters is 1. The van der Waals surface area contributed by atoms with Crippen LogP contribution in [0.15, 0.2) is 0 Å². The highest BCUT2D eigenvalue weighted by Crippen LogP contribution is 2.59. The fourth-order valence-electron chi connectivity index (χ4n) is 3.37. The maximum absolute atomic E-state index is 11.1. The number of thioether (sulfide) groups is 1. The molecule has 2 atom stereocenters. The molecule has 0 saturated heterocycles. The lowest BCUT2D eigenvalue weighted by atomic mass is 10.0. The molecule has 0 radical (unpaired) electrons. The molecule has 0 spiro atoms. The van der Waals surface area contributed by atoms with Crippen molar-refractivity contribution in [1.82, 2.24) is 0 Å². The first-order chi connectivity index (χ1) is 10.7. The van der Waals surface area contributed by atoms with Crippen LogP contribution in [-0.4, -0.2) is 23.6 Å². The molecule has 0 N–H and O–H groups in total. The summed E-state index contributed by atoms with van der Waals surface area (Å²) in [6.07, 6.45) is 15.1. The van der Waals surface area contributed by atoms with Crippen molar-refractivity contribution >= 4 is 17.7 Å². The van der Waals surface area contributed by atoms with Crippen molar-refractivity contribution in [3.05, 3.63) is 0 Å². The first-order valence-electron chi connectivity index (χ1n) is 9.39. The van der Waals surface area contributed by atoms with Crippen molar-refractivity contribution in [2.45, 2.75) is 95.6 Å². The molecule has 22 heavy (non-hydrogen) atoms. The topological polar surface area (TPSA) is 26.3 Å². The minimum Gasteiger partial charge on any atom is -0.469 e. The Morgan fingerprint density at radius 1 is 1.09 bits per heavy atom. The number of carbonyl (C=O) groups is 1. The summed E-state index contributed by atoms with van der Waals surface area (Å²) in [7, 11) is 1.48.